The van der Waals surface area contributed by atoms with Crippen LogP contribution in [0.2, 0.25) is 0 Å². The molecule has 6 nitrogen and oxygen atoms in total. The average Bonchev–Trinajstić information content (AvgIpc) is 3.44. The Morgan fingerprint density at radius 3 is 2.81 bits per heavy atom. The summed E-state index contributed by atoms with van der Waals surface area (Å²) in [6.45, 7) is 0.631. The first-order valence-corrected chi connectivity index (χ1v) is 10.5. The standard InChI is InChI=1S/C19H19N5OS2/c1-23-17(12-15-8-5-11-26-15)20-21-19(23)27-13-18(25)24-10-9-16(22-24)14-6-3-2-4-7-14/h2-8,11H,9-10,12-13H2,1H3. The van der Waals surface area contributed by atoms with Crippen molar-refractivity contribution in [1.82, 2.24) is 19.8 Å². The highest BCUT2D eigenvalue weighted by Gasteiger charge is 2.22. The second-order valence-electron chi connectivity index (χ2n) is 6.18. The topological polar surface area (TPSA) is 63.4 Å². The van der Waals surface area contributed by atoms with E-state index in [1.165, 1.54) is 16.6 Å². The van der Waals surface area contributed by atoms with Gasteiger partial charge in [0.2, 0.25) is 0 Å². The van der Waals surface area contributed by atoms with E-state index in [4.69, 9.17) is 0 Å². The second-order valence-corrected chi connectivity index (χ2v) is 8.16. The molecule has 8 heteroatoms. The molecule has 0 aliphatic carbocycles. The van der Waals surface area contributed by atoms with E-state index in [1.54, 1.807) is 16.3 Å². The van der Waals surface area contributed by atoms with E-state index in [0.29, 0.717) is 12.3 Å². The zero-order valence-corrected chi connectivity index (χ0v) is 16.5. The van der Waals surface area contributed by atoms with Crippen molar-refractivity contribution >= 4 is 34.7 Å². The summed E-state index contributed by atoms with van der Waals surface area (Å²) in [5.74, 6) is 1.20. The SMILES string of the molecule is Cn1c(Cc2cccs2)nnc1SCC(=O)N1CCC(c2ccccc2)=N1. The summed E-state index contributed by atoms with van der Waals surface area (Å²) in [6, 6.07) is 14.1. The van der Waals surface area contributed by atoms with Crippen molar-refractivity contribution in [3.63, 3.8) is 0 Å². The highest BCUT2D eigenvalue weighted by atomic mass is 32.2. The molecule has 0 fully saturated rings. The Kier molecular flexibility index (Phi) is 5.35. The Morgan fingerprint density at radius 1 is 1.19 bits per heavy atom. The molecule has 0 unspecified atom stereocenters. The lowest BCUT2D eigenvalue weighted by Crippen LogP contribution is -2.25. The van der Waals surface area contributed by atoms with Crippen LogP contribution in [0.1, 0.15) is 22.7 Å². The molecule has 1 amide bonds. The second kappa shape index (κ2) is 8.06. The molecule has 0 atom stereocenters. The van der Waals surface area contributed by atoms with E-state index < -0.39 is 0 Å². The van der Waals surface area contributed by atoms with Crippen molar-refractivity contribution in [3.05, 3.63) is 64.1 Å². The minimum absolute atomic E-state index is 0.00580. The number of nitrogens with zero attached hydrogens (tertiary/aromatic N) is 5. The van der Waals surface area contributed by atoms with Crippen LogP contribution >= 0.6 is 23.1 Å². The third-order valence-electron chi connectivity index (χ3n) is 4.36. The van der Waals surface area contributed by atoms with Crippen molar-refractivity contribution in [2.24, 2.45) is 12.1 Å². The Bertz CT molecular complexity index is 950. The first kappa shape index (κ1) is 17.9. The molecule has 2 aromatic heterocycles. The van der Waals surface area contributed by atoms with Crippen LogP contribution in [0.3, 0.4) is 0 Å². The van der Waals surface area contributed by atoms with Gasteiger partial charge in [0.05, 0.1) is 18.0 Å². The molecule has 3 aromatic rings. The minimum atomic E-state index is -0.00580. The van der Waals surface area contributed by atoms with Crippen molar-refractivity contribution in [2.45, 2.75) is 18.0 Å². The number of thiophene rings is 1. The number of hydrazone groups is 1. The van der Waals surface area contributed by atoms with Crippen LogP contribution in [0, 0.1) is 0 Å². The Labute approximate surface area is 165 Å². The maximum absolute atomic E-state index is 12.5. The molecule has 0 spiro atoms. The Morgan fingerprint density at radius 2 is 2.04 bits per heavy atom. The molecular weight excluding hydrogens is 378 g/mol. The van der Waals surface area contributed by atoms with Gasteiger partial charge in [0.25, 0.3) is 5.91 Å². The van der Waals surface area contributed by atoms with Crippen molar-refractivity contribution in [1.29, 1.82) is 0 Å². The van der Waals surface area contributed by atoms with Gasteiger partial charge in [-0.15, -0.1) is 21.5 Å². The lowest BCUT2D eigenvalue weighted by molar-refractivity contribution is -0.127. The summed E-state index contributed by atoms with van der Waals surface area (Å²) in [5, 5.41) is 17.4. The van der Waals surface area contributed by atoms with Gasteiger partial charge in [-0.2, -0.15) is 5.10 Å². The predicted molar refractivity (Wildman–Crippen MR) is 108 cm³/mol. The zero-order valence-electron chi connectivity index (χ0n) is 14.9. The number of aromatic nitrogens is 3. The highest BCUT2D eigenvalue weighted by Crippen LogP contribution is 2.21. The number of carbonyl (C=O) groups is 1. The fourth-order valence-corrected chi connectivity index (χ4v) is 4.37. The van der Waals surface area contributed by atoms with Crippen LogP contribution in [0.5, 0.6) is 0 Å². The molecule has 138 valence electrons. The molecule has 1 aromatic carbocycles. The van der Waals surface area contributed by atoms with E-state index in [-0.39, 0.29) is 5.91 Å². The molecule has 0 bridgehead atoms. The van der Waals surface area contributed by atoms with Gasteiger partial charge in [0, 0.05) is 24.8 Å². The first-order valence-electron chi connectivity index (χ1n) is 8.67. The lowest BCUT2D eigenvalue weighted by Gasteiger charge is -2.10. The fraction of sp³-hybridized carbons (Fsp3) is 0.263. The zero-order chi connectivity index (χ0) is 18.6. The number of rotatable bonds is 6. The predicted octanol–water partition coefficient (Wildman–Crippen LogP) is 3.20. The van der Waals surface area contributed by atoms with Crippen molar-refractivity contribution < 1.29 is 4.79 Å². The minimum Gasteiger partial charge on any atom is -0.309 e. The summed E-state index contributed by atoms with van der Waals surface area (Å²) >= 11 is 3.11. The molecule has 27 heavy (non-hydrogen) atoms. The van der Waals surface area contributed by atoms with Gasteiger partial charge in [-0.3, -0.25) is 4.79 Å². The molecular formula is C19H19N5OS2. The molecule has 0 radical (unpaired) electrons. The smallest absolute Gasteiger partial charge is 0.253 e. The molecule has 4 rings (SSSR count). The summed E-state index contributed by atoms with van der Waals surface area (Å²) in [7, 11) is 1.94. The summed E-state index contributed by atoms with van der Waals surface area (Å²) in [6.07, 6.45) is 1.54. The quantitative estimate of drug-likeness (QED) is 0.599. The van der Waals surface area contributed by atoms with E-state index in [2.05, 4.69) is 26.7 Å². The number of carbonyl (C=O) groups excluding carboxylic acids is 1. The Hall–Kier alpha value is -2.45. The van der Waals surface area contributed by atoms with Gasteiger partial charge in [0.15, 0.2) is 5.16 Å². The number of hydrogen-bond acceptors (Lipinski definition) is 6. The first-order chi connectivity index (χ1) is 13.2. The van der Waals surface area contributed by atoms with Crippen LogP contribution in [-0.4, -0.2) is 43.7 Å². The van der Waals surface area contributed by atoms with E-state index >= 15 is 0 Å². The molecule has 1 aliphatic heterocycles. The van der Waals surface area contributed by atoms with Gasteiger partial charge in [-0.25, -0.2) is 5.01 Å². The van der Waals surface area contributed by atoms with E-state index in [1.807, 2.05) is 48.0 Å². The van der Waals surface area contributed by atoms with E-state index in [0.717, 1.165) is 35.1 Å². The van der Waals surface area contributed by atoms with Crippen LogP contribution < -0.4 is 0 Å². The van der Waals surface area contributed by atoms with Gasteiger partial charge in [0.1, 0.15) is 5.82 Å². The third-order valence-corrected chi connectivity index (χ3v) is 6.24. The van der Waals surface area contributed by atoms with Gasteiger partial charge in [-0.1, -0.05) is 48.2 Å². The number of hydrogen-bond donors (Lipinski definition) is 0. The van der Waals surface area contributed by atoms with Crippen LogP contribution in [0.4, 0.5) is 0 Å². The van der Waals surface area contributed by atoms with Gasteiger partial charge < -0.3 is 4.57 Å². The Balaban J connectivity index is 1.36. The average molecular weight is 398 g/mol. The maximum Gasteiger partial charge on any atom is 0.253 e. The summed E-state index contributed by atoms with van der Waals surface area (Å²) in [4.78, 5) is 13.8. The van der Waals surface area contributed by atoms with E-state index in [9.17, 15) is 4.79 Å². The van der Waals surface area contributed by atoms with Crippen LogP contribution in [0.25, 0.3) is 0 Å². The van der Waals surface area contributed by atoms with Crippen LogP contribution in [-0.2, 0) is 18.3 Å². The molecule has 3 heterocycles. The molecule has 0 N–H and O–H groups in total. The molecule has 0 saturated carbocycles. The lowest BCUT2D eigenvalue weighted by atomic mass is 10.1. The largest absolute Gasteiger partial charge is 0.309 e. The normalized spacial score (nSPS) is 13.8. The third kappa shape index (κ3) is 4.12. The number of thioether (sulfide) groups is 1. The maximum atomic E-state index is 12.5. The number of benzene rings is 1. The summed E-state index contributed by atoms with van der Waals surface area (Å²) in [5.41, 5.74) is 2.04. The van der Waals surface area contributed by atoms with Crippen molar-refractivity contribution in [2.75, 3.05) is 12.3 Å². The van der Waals surface area contributed by atoms with Crippen LogP contribution in [0.15, 0.2) is 58.1 Å². The molecule has 0 saturated heterocycles. The molecule has 1 aliphatic rings. The van der Waals surface area contributed by atoms with Crippen molar-refractivity contribution in [3.8, 4) is 0 Å². The summed E-state index contributed by atoms with van der Waals surface area (Å²) < 4.78 is 1.96. The number of amides is 1. The van der Waals surface area contributed by atoms with Gasteiger partial charge >= 0.3 is 0 Å². The fourth-order valence-electron chi connectivity index (χ4n) is 2.87. The monoisotopic (exact) mass is 397 g/mol. The highest BCUT2D eigenvalue weighted by molar-refractivity contribution is 7.99. The van der Waals surface area contributed by atoms with Gasteiger partial charge in [-0.05, 0) is 17.0 Å².